The van der Waals surface area contributed by atoms with Crippen LogP contribution >= 0.6 is 15.9 Å². The molecule has 0 aromatic heterocycles. The molecular formula is C16H15BrN2O3S. The molecule has 2 N–H and O–H groups in total. The lowest BCUT2D eigenvalue weighted by Crippen LogP contribution is -2.36. The largest absolute Gasteiger partial charge is 0.334 e. The van der Waals surface area contributed by atoms with E-state index in [1.165, 1.54) is 6.07 Å². The van der Waals surface area contributed by atoms with Gasteiger partial charge in [0.2, 0.25) is 10.0 Å². The summed E-state index contributed by atoms with van der Waals surface area (Å²) in [5.41, 5.74) is 2.47. The van der Waals surface area contributed by atoms with Crippen LogP contribution in [0.2, 0.25) is 0 Å². The number of rotatable bonds is 2. The van der Waals surface area contributed by atoms with Crippen LogP contribution in [-0.2, 0) is 23.0 Å². The van der Waals surface area contributed by atoms with Gasteiger partial charge in [-0.1, -0.05) is 18.2 Å². The lowest BCUT2D eigenvalue weighted by atomic mass is 9.99. The van der Waals surface area contributed by atoms with Gasteiger partial charge >= 0.3 is 0 Å². The Bertz CT molecular complexity index is 881. The first-order valence-corrected chi connectivity index (χ1v) is 9.38. The second-order valence-corrected chi connectivity index (χ2v) is 7.85. The van der Waals surface area contributed by atoms with Crippen LogP contribution in [0.4, 0.5) is 0 Å². The van der Waals surface area contributed by atoms with Gasteiger partial charge in [0.25, 0.3) is 5.91 Å². The van der Waals surface area contributed by atoms with E-state index < -0.39 is 10.0 Å². The molecule has 1 aliphatic rings. The lowest BCUT2D eigenvalue weighted by Gasteiger charge is -2.29. The van der Waals surface area contributed by atoms with Crippen LogP contribution in [0.1, 0.15) is 21.5 Å². The summed E-state index contributed by atoms with van der Waals surface area (Å²) in [6, 6.07) is 12.1. The fraction of sp³-hybridized carbons (Fsp3) is 0.188. The Morgan fingerprint density at radius 1 is 1.13 bits per heavy atom. The third-order valence-corrected chi connectivity index (χ3v) is 5.51. The number of hydrogen-bond acceptors (Lipinski definition) is 3. The van der Waals surface area contributed by atoms with Crippen molar-refractivity contribution in [1.29, 1.82) is 0 Å². The van der Waals surface area contributed by atoms with Crippen molar-refractivity contribution in [2.75, 3.05) is 6.54 Å². The molecule has 1 amide bonds. The minimum Gasteiger partial charge on any atom is -0.334 e. The van der Waals surface area contributed by atoms with Gasteiger partial charge in [-0.05, 0) is 57.7 Å². The number of nitrogens with two attached hydrogens (primary N) is 1. The Labute approximate surface area is 143 Å². The number of benzene rings is 2. The van der Waals surface area contributed by atoms with Gasteiger partial charge in [0.1, 0.15) is 0 Å². The molecule has 1 heterocycles. The van der Waals surface area contributed by atoms with Crippen molar-refractivity contribution in [3.63, 3.8) is 0 Å². The highest BCUT2D eigenvalue weighted by molar-refractivity contribution is 9.10. The summed E-state index contributed by atoms with van der Waals surface area (Å²) in [7, 11) is -3.74. The van der Waals surface area contributed by atoms with E-state index in [9.17, 15) is 13.2 Å². The molecule has 3 rings (SSSR count). The summed E-state index contributed by atoms with van der Waals surface area (Å²) in [5, 5.41) is 5.18. The number of carbonyl (C=O) groups is 1. The summed E-state index contributed by atoms with van der Waals surface area (Å²) in [5.74, 6) is -0.0795. The third-order valence-electron chi connectivity index (χ3n) is 3.91. The smallest absolute Gasteiger partial charge is 0.255 e. The quantitative estimate of drug-likeness (QED) is 0.848. The minimum absolute atomic E-state index is 0.0754. The maximum Gasteiger partial charge on any atom is 0.255 e. The fourth-order valence-electron chi connectivity index (χ4n) is 2.69. The number of carbonyl (C=O) groups excluding carboxylic acids is 1. The van der Waals surface area contributed by atoms with E-state index in [0.29, 0.717) is 25.1 Å². The average Bonchev–Trinajstić information content (AvgIpc) is 2.53. The summed E-state index contributed by atoms with van der Waals surface area (Å²) >= 11 is 3.39. The summed E-state index contributed by atoms with van der Waals surface area (Å²) < 4.78 is 23.7. The Balaban J connectivity index is 1.90. The van der Waals surface area contributed by atoms with E-state index >= 15 is 0 Å². The third kappa shape index (κ3) is 3.31. The standard InChI is InChI=1S/C16H15BrN2O3S/c17-15-4-2-1-3-14(15)16(20)19-8-7-11-5-6-13(23(18,21)22)9-12(11)10-19/h1-6,9H,7-8,10H2,(H2,18,21,22). The maximum absolute atomic E-state index is 12.7. The van der Waals surface area contributed by atoms with Gasteiger partial charge in [0, 0.05) is 17.6 Å². The van der Waals surface area contributed by atoms with Gasteiger partial charge in [0.05, 0.1) is 10.5 Å². The summed E-state index contributed by atoms with van der Waals surface area (Å²) in [6.07, 6.45) is 0.691. The molecule has 1 aliphatic heterocycles. The van der Waals surface area contributed by atoms with Gasteiger partial charge < -0.3 is 4.90 Å². The molecule has 2 aromatic carbocycles. The van der Waals surface area contributed by atoms with Crippen molar-refractivity contribution in [3.8, 4) is 0 Å². The predicted molar refractivity (Wildman–Crippen MR) is 90.4 cm³/mol. The maximum atomic E-state index is 12.7. The second kappa shape index (κ2) is 6.07. The summed E-state index contributed by atoms with van der Waals surface area (Å²) in [6.45, 7) is 0.973. The number of sulfonamides is 1. The van der Waals surface area contributed by atoms with E-state index in [4.69, 9.17) is 5.14 Å². The number of fused-ring (bicyclic) bond motifs is 1. The number of hydrogen-bond donors (Lipinski definition) is 1. The van der Waals surface area contributed by atoms with Crippen molar-refractivity contribution in [3.05, 3.63) is 63.6 Å². The highest BCUT2D eigenvalue weighted by atomic mass is 79.9. The zero-order chi connectivity index (χ0) is 16.6. The molecule has 0 saturated carbocycles. The molecule has 0 atom stereocenters. The minimum atomic E-state index is -3.74. The van der Waals surface area contributed by atoms with Crippen LogP contribution in [0.25, 0.3) is 0 Å². The predicted octanol–water partition coefficient (Wildman–Crippen LogP) is 2.30. The van der Waals surface area contributed by atoms with Crippen LogP contribution in [0.5, 0.6) is 0 Å². The molecule has 0 aliphatic carbocycles. The van der Waals surface area contributed by atoms with Gasteiger partial charge in [-0.2, -0.15) is 0 Å². The van der Waals surface area contributed by atoms with E-state index in [1.807, 2.05) is 18.2 Å². The molecule has 0 fully saturated rings. The van der Waals surface area contributed by atoms with Gasteiger partial charge in [-0.25, -0.2) is 13.6 Å². The molecule has 0 unspecified atom stereocenters. The molecule has 7 heteroatoms. The molecule has 23 heavy (non-hydrogen) atoms. The van der Waals surface area contributed by atoms with Crippen LogP contribution in [-0.4, -0.2) is 25.8 Å². The fourth-order valence-corrected chi connectivity index (χ4v) is 3.71. The number of halogens is 1. The topological polar surface area (TPSA) is 80.5 Å². The zero-order valence-electron chi connectivity index (χ0n) is 12.2. The van der Waals surface area contributed by atoms with Crippen LogP contribution < -0.4 is 5.14 Å². The van der Waals surface area contributed by atoms with Crippen LogP contribution in [0.3, 0.4) is 0 Å². The molecule has 0 saturated heterocycles. The summed E-state index contributed by atoms with van der Waals surface area (Å²) in [4.78, 5) is 14.5. The monoisotopic (exact) mass is 394 g/mol. The van der Waals surface area contributed by atoms with Gasteiger partial charge in [-0.15, -0.1) is 0 Å². The van der Waals surface area contributed by atoms with Crippen molar-refractivity contribution in [2.45, 2.75) is 17.9 Å². The molecule has 0 bridgehead atoms. The van der Waals surface area contributed by atoms with E-state index in [1.54, 1.807) is 23.1 Å². The van der Waals surface area contributed by atoms with Crippen LogP contribution in [0, 0.1) is 0 Å². The molecule has 2 aromatic rings. The number of amides is 1. The lowest BCUT2D eigenvalue weighted by molar-refractivity contribution is 0.0733. The molecular weight excluding hydrogens is 380 g/mol. The average molecular weight is 395 g/mol. The Hall–Kier alpha value is -1.70. The number of nitrogens with zero attached hydrogens (tertiary/aromatic N) is 1. The van der Waals surface area contributed by atoms with Gasteiger partial charge in [-0.3, -0.25) is 4.79 Å². The second-order valence-electron chi connectivity index (χ2n) is 5.43. The first-order valence-electron chi connectivity index (χ1n) is 7.04. The van der Waals surface area contributed by atoms with E-state index in [-0.39, 0.29) is 10.8 Å². The van der Waals surface area contributed by atoms with E-state index in [0.717, 1.165) is 15.6 Å². The Kier molecular flexibility index (Phi) is 4.27. The van der Waals surface area contributed by atoms with E-state index in [2.05, 4.69) is 15.9 Å². The Morgan fingerprint density at radius 3 is 2.57 bits per heavy atom. The Morgan fingerprint density at radius 2 is 1.87 bits per heavy atom. The SMILES string of the molecule is NS(=O)(=O)c1ccc2c(c1)CN(C(=O)c1ccccc1Br)CC2. The first kappa shape index (κ1) is 16.2. The van der Waals surface area contributed by atoms with Crippen molar-refractivity contribution in [2.24, 2.45) is 5.14 Å². The highest BCUT2D eigenvalue weighted by Crippen LogP contribution is 2.25. The van der Waals surface area contributed by atoms with Crippen molar-refractivity contribution >= 4 is 31.9 Å². The van der Waals surface area contributed by atoms with Crippen LogP contribution in [0.15, 0.2) is 51.8 Å². The molecule has 0 radical (unpaired) electrons. The van der Waals surface area contributed by atoms with Gasteiger partial charge in [0.15, 0.2) is 0 Å². The first-order chi connectivity index (χ1) is 10.9. The number of primary sulfonamides is 1. The van der Waals surface area contributed by atoms with Crippen molar-refractivity contribution in [1.82, 2.24) is 4.90 Å². The molecule has 0 spiro atoms. The zero-order valence-corrected chi connectivity index (χ0v) is 14.6. The van der Waals surface area contributed by atoms with Crippen molar-refractivity contribution < 1.29 is 13.2 Å². The normalized spacial score (nSPS) is 14.4. The highest BCUT2D eigenvalue weighted by Gasteiger charge is 2.24. The molecule has 120 valence electrons. The molecule has 5 nitrogen and oxygen atoms in total.